The van der Waals surface area contributed by atoms with Crippen molar-refractivity contribution in [2.75, 3.05) is 27.2 Å². The maximum absolute atomic E-state index is 2.39. The minimum atomic E-state index is 1.10. The third-order valence-corrected chi connectivity index (χ3v) is 2.49. The van der Waals surface area contributed by atoms with E-state index in [1.807, 2.05) is 0 Å². The van der Waals surface area contributed by atoms with E-state index in [0.717, 1.165) is 6.54 Å². The molecule has 1 heterocycles. The van der Waals surface area contributed by atoms with Crippen molar-refractivity contribution in [1.29, 1.82) is 0 Å². The molecule has 80 valence electrons. The van der Waals surface area contributed by atoms with E-state index in [-0.39, 0.29) is 0 Å². The molecule has 0 amide bonds. The van der Waals surface area contributed by atoms with E-state index in [0.29, 0.717) is 0 Å². The molecule has 0 aliphatic heterocycles. The van der Waals surface area contributed by atoms with Gasteiger partial charge in [-0.1, -0.05) is 0 Å². The predicted octanol–water partition coefficient (Wildman–Crippen LogP) is -1.38. The Balaban J connectivity index is 2.08. The third kappa shape index (κ3) is 3.94. The fraction of sp³-hybridized carbons (Fsp3) is 0.636. The summed E-state index contributed by atoms with van der Waals surface area (Å²) in [6.45, 7) is 3.60. The van der Waals surface area contributed by atoms with Crippen LogP contribution in [0.1, 0.15) is 12.1 Å². The van der Waals surface area contributed by atoms with Crippen molar-refractivity contribution in [2.24, 2.45) is 7.05 Å². The van der Waals surface area contributed by atoms with Gasteiger partial charge in [-0.05, 0) is 12.1 Å². The number of aryl methyl sites for hydroxylation is 1. The molecule has 0 radical (unpaired) electrons. The molecule has 14 heavy (non-hydrogen) atoms. The summed E-state index contributed by atoms with van der Waals surface area (Å²) in [6, 6.07) is 4.29. The van der Waals surface area contributed by atoms with Gasteiger partial charge in [-0.3, -0.25) is 0 Å². The molecular weight excluding hydrogens is 174 g/mol. The molecule has 0 bridgehead atoms. The number of rotatable bonds is 6. The standard InChI is InChI=1S/C11H21N3/c1-13(2)8-5-7-12-10-11-6-4-9-14(11)3/h4,6,9,12H,5,7-8,10H2,1-3H3/p+2. The summed E-state index contributed by atoms with van der Waals surface area (Å²) < 4.78 is 2.19. The van der Waals surface area contributed by atoms with Crippen LogP contribution in [0.2, 0.25) is 0 Å². The highest BCUT2D eigenvalue weighted by Gasteiger charge is 1.99. The normalized spacial score (nSPS) is 11.1. The van der Waals surface area contributed by atoms with E-state index in [1.165, 1.54) is 30.1 Å². The van der Waals surface area contributed by atoms with Gasteiger partial charge in [-0.25, -0.2) is 0 Å². The van der Waals surface area contributed by atoms with Crippen molar-refractivity contribution in [3.05, 3.63) is 24.0 Å². The Morgan fingerprint density at radius 1 is 1.43 bits per heavy atom. The quantitative estimate of drug-likeness (QED) is 0.526. The molecule has 0 aliphatic rings. The molecular formula is C11H23N3+2. The summed E-state index contributed by atoms with van der Waals surface area (Å²) in [7, 11) is 6.52. The number of aromatic nitrogens is 1. The summed E-state index contributed by atoms with van der Waals surface area (Å²) in [6.07, 6.45) is 3.40. The Morgan fingerprint density at radius 2 is 2.21 bits per heavy atom. The van der Waals surface area contributed by atoms with E-state index in [1.54, 1.807) is 0 Å². The second-order valence-corrected chi connectivity index (χ2v) is 4.20. The molecule has 0 saturated carbocycles. The first-order valence-corrected chi connectivity index (χ1v) is 5.41. The van der Waals surface area contributed by atoms with Crippen LogP contribution in [0.3, 0.4) is 0 Å². The number of nitrogens with zero attached hydrogens (tertiary/aromatic N) is 1. The van der Waals surface area contributed by atoms with Gasteiger partial charge in [0.25, 0.3) is 0 Å². The fourth-order valence-electron chi connectivity index (χ4n) is 1.56. The van der Waals surface area contributed by atoms with Crippen molar-refractivity contribution in [2.45, 2.75) is 13.0 Å². The lowest BCUT2D eigenvalue weighted by Gasteiger charge is -2.06. The summed E-state index contributed by atoms with van der Waals surface area (Å²) in [5, 5.41) is 2.39. The van der Waals surface area contributed by atoms with Gasteiger partial charge in [0.15, 0.2) is 0 Å². The van der Waals surface area contributed by atoms with Crippen molar-refractivity contribution >= 4 is 0 Å². The SMILES string of the molecule is Cn1cccc1C[NH2+]CCC[NH+](C)C. The molecule has 1 rings (SSSR count). The first-order valence-electron chi connectivity index (χ1n) is 5.41. The van der Waals surface area contributed by atoms with Gasteiger partial charge in [0.05, 0.1) is 32.9 Å². The first-order chi connectivity index (χ1) is 6.70. The van der Waals surface area contributed by atoms with E-state index in [9.17, 15) is 0 Å². The summed E-state index contributed by atoms with van der Waals surface area (Å²) >= 11 is 0. The highest BCUT2D eigenvalue weighted by atomic mass is 15.1. The lowest BCUT2D eigenvalue weighted by molar-refractivity contribution is -0.860. The molecule has 0 saturated heterocycles. The van der Waals surface area contributed by atoms with Crippen LogP contribution in [0.25, 0.3) is 0 Å². The van der Waals surface area contributed by atoms with Crippen molar-refractivity contribution in [3.8, 4) is 0 Å². The number of quaternary nitrogens is 2. The lowest BCUT2D eigenvalue weighted by atomic mass is 10.3. The Hall–Kier alpha value is -0.800. The van der Waals surface area contributed by atoms with Crippen LogP contribution in [0.15, 0.2) is 18.3 Å². The van der Waals surface area contributed by atoms with Gasteiger partial charge < -0.3 is 14.8 Å². The zero-order valence-corrected chi connectivity index (χ0v) is 9.59. The molecule has 1 aromatic heterocycles. The molecule has 0 aromatic carbocycles. The van der Waals surface area contributed by atoms with Crippen molar-refractivity contribution in [1.82, 2.24) is 4.57 Å². The Labute approximate surface area is 86.7 Å². The van der Waals surface area contributed by atoms with Gasteiger partial charge in [0.1, 0.15) is 6.54 Å². The highest BCUT2D eigenvalue weighted by molar-refractivity contribution is 5.04. The fourth-order valence-corrected chi connectivity index (χ4v) is 1.56. The second kappa shape index (κ2) is 5.83. The molecule has 0 fully saturated rings. The summed E-state index contributed by atoms with van der Waals surface area (Å²) in [5.41, 5.74) is 1.40. The van der Waals surface area contributed by atoms with Gasteiger partial charge in [-0.2, -0.15) is 0 Å². The maximum Gasteiger partial charge on any atom is 0.116 e. The Kier molecular flexibility index (Phi) is 4.70. The van der Waals surface area contributed by atoms with Crippen LogP contribution in [0.4, 0.5) is 0 Å². The van der Waals surface area contributed by atoms with Gasteiger partial charge in [0, 0.05) is 19.7 Å². The molecule has 3 N–H and O–H groups in total. The van der Waals surface area contributed by atoms with Crippen molar-refractivity contribution < 1.29 is 10.2 Å². The zero-order chi connectivity index (χ0) is 10.4. The smallest absolute Gasteiger partial charge is 0.116 e. The van der Waals surface area contributed by atoms with E-state index in [2.05, 4.69) is 49.4 Å². The van der Waals surface area contributed by atoms with Gasteiger partial charge >= 0.3 is 0 Å². The largest absolute Gasteiger partial charge is 0.350 e. The minimum Gasteiger partial charge on any atom is -0.350 e. The van der Waals surface area contributed by atoms with Crippen LogP contribution in [0.5, 0.6) is 0 Å². The summed E-state index contributed by atoms with van der Waals surface area (Å²) in [4.78, 5) is 1.54. The topological polar surface area (TPSA) is 26.0 Å². The number of hydrogen-bond donors (Lipinski definition) is 2. The maximum atomic E-state index is 2.39. The molecule has 0 atom stereocenters. The predicted molar refractivity (Wildman–Crippen MR) is 58.2 cm³/mol. The molecule has 0 spiro atoms. The molecule has 0 aliphatic carbocycles. The monoisotopic (exact) mass is 197 g/mol. The zero-order valence-electron chi connectivity index (χ0n) is 9.59. The molecule has 1 aromatic rings. The second-order valence-electron chi connectivity index (χ2n) is 4.20. The van der Waals surface area contributed by atoms with Crippen LogP contribution in [0, 0.1) is 0 Å². The van der Waals surface area contributed by atoms with E-state index in [4.69, 9.17) is 0 Å². The third-order valence-electron chi connectivity index (χ3n) is 2.49. The van der Waals surface area contributed by atoms with E-state index < -0.39 is 0 Å². The minimum absolute atomic E-state index is 1.10. The average Bonchev–Trinajstić information content (AvgIpc) is 2.51. The Bertz CT molecular complexity index is 253. The van der Waals surface area contributed by atoms with Crippen LogP contribution in [-0.2, 0) is 13.6 Å². The first kappa shape index (κ1) is 11.3. The number of nitrogens with two attached hydrogens (primary N) is 1. The van der Waals surface area contributed by atoms with Crippen LogP contribution < -0.4 is 10.2 Å². The number of nitrogens with one attached hydrogen (secondary N) is 1. The van der Waals surface area contributed by atoms with Gasteiger partial charge in [0.2, 0.25) is 0 Å². The summed E-state index contributed by atoms with van der Waals surface area (Å²) in [5.74, 6) is 0. The van der Waals surface area contributed by atoms with Gasteiger partial charge in [-0.15, -0.1) is 0 Å². The van der Waals surface area contributed by atoms with Crippen LogP contribution in [-0.4, -0.2) is 31.8 Å². The molecule has 3 heteroatoms. The molecule has 0 unspecified atom stereocenters. The Morgan fingerprint density at radius 3 is 2.79 bits per heavy atom. The lowest BCUT2D eigenvalue weighted by Crippen LogP contribution is -3.06. The van der Waals surface area contributed by atoms with Crippen molar-refractivity contribution in [3.63, 3.8) is 0 Å². The van der Waals surface area contributed by atoms with Crippen LogP contribution >= 0.6 is 0 Å². The van der Waals surface area contributed by atoms with E-state index >= 15 is 0 Å². The average molecular weight is 197 g/mol. The highest BCUT2D eigenvalue weighted by Crippen LogP contribution is 1.95. The molecule has 3 nitrogen and oxygen atoms in total. The number of hydrogen-bond acceptors (Lipinski definition) is 0.